The molecule has 0 saturated carbocycles. The second-order valence-electron chi connectivity index (χ2n) is 5.88. The summed E-state index contributed by atoms with van der Waals surface area (Å²) in [6, 6.07) is -0.474. The van der Waals surface area contributed by atoms with Crippen LogP contribution in [-0.4, -0.2) is 69.1 Å². The second-order valence-corrected chi connectivity index (χ2v) is 7.82. The lowest BCUT2D eigenvalue weighted by atomic mass is 9.97. The zero-order chi connectivity index (χ0) is 14.8. The SMILES string of the molecule is CNC[C@@H]1CCCN(C(=O)[C@H]2CCCN2S(C)(=O)=O)C1. The van der Waals surface area contributed by atoms with Gasteiger partial charge in [-0.1, -0.05) is 0 Å². The van der Waals surface area contributed by atoms with E-state index < -0.39 is 16.1 Å². The Hall–Kier alpha value is -0.660. The molecule has 0 aromatic heterocycles. The van der Waals surface area contributed by atoms with Crippen molar-refractivity contribution < 1.29 is 13.2 Å². The number of rotatable bonds is 4. The monoisotopic (exact) mass is 303 g/mol. The first-order chi connectivity index (χ1) is 9.43. The van der Waals surface area contributed by atoms with Crippen molar-refractivity contribution in [3.8, 4) is 0 Å². The summed E-state index contributed by atoms with van der Waals surface area (Å²) >= 11 is 0. The molecule has 2 heterocycles. The molecular weight excluding hydrogens is 278 g/mol. The van der Waals surface area contributed by atoms with E-state index in [0.717, 1.165) is 38.9 Å². The van der Waals surface area contributed by atoms with Crippen LogP contribution in [0, 0.1) is 5.92 Å². The molecule has 1 N–H and O–H groups in total. The van der Waals surface area contributed by atoms with Crippen LogP contribution in [-0.2, 0) is 14.8 Å². The van der Waals surface area contributed by atoms with Crippen LogP contribution in [0.3, 0.4) is 0 Å². The largest absolute Gasteiger partial charge is 0.341 e. The number of nitrogens with one attached hydrogen (secondary N) is 1. The van der Waals surface area contributed by atoms with Gasteiger partial charge in [0.25, 0.3) is 0 Å². The summed E-state index contributed by atoms with van der Waals surface area (Å²) in [5, 5.41) is 3.16. The van der Waals surface area contributed by atoms with E-state index in [9.17, 15) is 13.2 Å². The zero-order valence-corrected chi connectivity index (χ0v) is 13.2. The molecule has 0 unspecified atom stereocenters. The Labute approximate surface area is 121 Å². The maximum atomic E-state index is 12.6. The van der Waals surface area contributed by atoms with Crippen LogP contribution in [0.15, 0.2) is 0 Å². The first-order valence-corrected chi connectivity index (χ1v) is 9.18. The van der Waals surface area contributed by atoms with Crippen molar-refractivity contribution >= 4 is 15.9 Å². The summed E-state index contributed by atoms with van der Waals surface area (Å²) in [7, 11) is -1.37. The van der Waals surface area contributed by atoms with Crippen LogP contribution < -0.4 is 5.32 Å². The summed E-state index contributed by atoms with van der Waals surface area (Å²) < 4.78 is 24.9. The van der Waals surface area contributed by atoms with Gasteiger partial charge in [-0.15, -0.1) is 0 Å². The molecule has 2 aliphatic rings. The molecule has 0 spiro atoms. The van der Waals surface area contributed by atoms with E-state index in [1.54, 1.807) is 0 Å². The molecule has 7 heteroatoms. The van der Waals surface area contributed by atoms with Crippen LogP contribution in [0.2, 0.25) is 0 Å². The number of hydrogen-bond acceptors (Lipinski definition) is 4. The van der Waals surface area contributed by atoms with E-state index in [2.05, 4.69) is 5.32 Å². The number of nitrogens with zero attached hydrogens (tertiary/aromatic N) is 2. The van der Waals surface area contributed by atoms with Crippen molar-refractivity contribution in [2.24, 2.45) is 5.92 Å². The predicted octanol–water partition coefficient (Wildman–Crippen LogP) is -0.132. The van der Waals surface area contributed by atoms with Gasteiger partial charge in [0.15, 0.2) is 0 Å². The fraction of sp³-hybridized carbons (Fsp3) is 0.923. The Kier molecular flexibility index (Phi) is 5.04. The molecule has 1 amide bonds. The minimum absolute atomic E-state index is 0.00581. The van der Waals surface area contributed by atoms with Gasteiger partial charge < -0.3 is 10.2 Å². The molecule has 20 heavy (non-hydrogen) atoms. The van der Waals surface area contributed by atoms with E-state index in [1.807, 2.05) is 11.9 Å². The number of piperidine rings is 1. The van der Waals surface area contributed by atoms with Gasteiger partial charge >= 0.3 is 0 Å². The topological polar surface area (TPSA) is 69.7 Å². The van der Waals surface area contributed by atoms with Gasteiger partial charge in [0.1, 0.15) is 6.04 Å². The molecule has 2 saturated heterocycles. The Balaban J connectivity index is 2.03. The highest BCUT2D eigenvalue weighted by molar-refractivity contribution is 7.88. The number of sulfonamides is 1. The van der Waals surface area contributed by atoms with Crippen molar-refractivity contribution in [1.82, 2.24) is 14.5 Å². The van der Waals surface area contributed by atoms with E-state index in [0.29, 0.717) is 18.9 Å². The quantitative estimate of drug-likeness (QED) is 0.785. The fourth-order valence-corrected chi connectivity index (χ4v) is 4.43. The second kappa shape index (κ2) is 6.41. The summed E-state index contributed by atoms with van der Waals surface area (Å²) in [4.78, 5) is 14.5. The van der Waals surface area contributed by atoms with Gasteiger partial charge in [0, 0.05) is 19.6 Å². The molecule has 116 valence electrons. The van der Waals surface area contributed by atoms with Gasteiger partial charge in [0.05, 0.1) is 6.26 Å². The van der Waals surface area contributed by atoms with Gasteiger partial charge in [-0.25, -0.2) is 8.42 Å². The highest BCUT2D eigenvalue weighted by atomic mass is 32.2. The number of carbonyl (C=O) groups excluding carboxylic acids is 1. The van der Waals surface area contributed by atoms with Gasteiger partial charge in [-0.05, 0) is 45.2 Å². The van der Waals surface area contributed by atoms with Crippen LogP contribution in [0.5, 0.6) is 0 Å². The summed E-state index contributed by atoms with van der Waals surface area (Å²) in [5.74, 6) is 0.472. The molecule has 2 atom stereocenters. The van der Waals surface area contributed by atoms with E-state index >= 15 is 0 Å². The average molecular weight is 303 g/mol. The lowest BCUT2D eigenvalue weighted by Gasteiger charge is -2.35. The highest BCUT2D eigenvalue weighted by Crippen LogP contribution is 2.24. The highest BCUT2D eigenvalue weighted by Gasteiger charge is 2.39. The summed E-state index contributed by atoms with van der Waals surface area (Å²) in [6.45, 7) is 2.88. The lowest BCUT2D eigenvalue weighted by Crippen LogP contribution is -2.51. The molecule has 2 aliphatic heterocycles. The minimum Gasteiger partial charge on any atom is -0.341 e. The van der Waals surface area contributed by atoms with E-state index in [-0.39, 0.29) is 5.91 Å². The number of amides is 1. The van der Waals surface area contributed by atoms with Crippen molar-refractivity contribution in [1.29, 1.82) is 0 Å². The summed E-state index contributed by atoms with van der Waals surface area (Å²) in [5.41, 5.74) is 0. The Morgan fingerprint density at radius 1 is 1.25 bits per heavy atom. The third kappa shape index (κ3) is 3.51. The van der Waals surface area contributed by atoms with Crippen molar-refractivity contribution in [3.63, 3.8) is 0 Å². The van der Waals surface area contributed by atoms with E-state index in [4.69, 9.17) is 0 Å². The fourth-order valence-electron chi connectivity index (χ4n) is 3.32. The summed E-state index contributed by atoms with van der Waals surface area (Å²) in [6.07, 6.45) is 4.75. The van der Waals surface area contributed by atoms with Crippen LogP contribution in [0.1, 0.15) is 25.7 Å². The molecule has 0 aromatic rings. The van der Waals surface area contributed by atoms with Crippen LogP contribution >= 0.6 is 0 Å². The first kappa shape index (κ1) is 15.7. The number of carbonyl (C=O) groups is 1. The molecule has 2 rings (SSSR count). The molecule has 0 aromatic carbocycles. The smallest absolute Gasteiger partial charge is 0.241 e. The molecule has 0 aliphatic carbocycles. The van der Waals surface area contributed by atoms with Crippen molar-refractivity contribution in [2.45, 2.75) is 31.7 Å². The van der Waals surface area contributed by atoms with Crippen molar-refractivity contribution in [2.75, 3.05) is 39.5 Å². The third-order valence-electron chi connectivity index (χ3n) is 4.24. The minimum atomic E-state index is -3.29. The Morgan fingerprint density at radius 3 is 2.60 bits per heavy atom. The zero-order valence-electron chi connectivity index (χ0n) is 12.3. The van der Waals surface area contributed by atoms with Gasteiger partial charge in [0.2, 0.25) is 15.9 Å². The predicted molar refractivity (Wildman–Crippen MR) is 77.8 cm³/mol. The number of hydrogen-bond donors (Lipinski definition) is 1. The Bertz CT molecular complexity index is 450. The third-order valence-corrected chi connectivity index (χ3v) is 5.53. The maximum Gasteiger partial charge on any atom is 0.241 e. The Morgan fingerprint density at radius 2 is 1.95 bits per heavy atom. The van der Waals surface area contributed by atoms with Gasteiger partial charge in [-0.2, -0.15) is 4.31 Å². The van der Waals surface area contributed by atoms with Crippen LogP contribution in [0.25, 0.3) is 0 Å². The molecule has 0 bridgehead atoms. The van der Waals surface area contributed by atoms with Crippen molar-refractivity contribution in [3.05, 3.63) is 0 Å². The molecule has 2 fully saturated rings. The normalized spacial score (nSPS) is 28.8. The standard InChI is InChI=1S/C13H25N3O3S/c1-14-9-11-5-3-7-15(10-11)13(17)12-6-4-8-16(12)20(2,18)19/h11-12,14H,3-10H2,1-2H3/t11-,12+/m0/s1. The maximum absolute atomic E-state index is 12.6. The molecule has 6 nitrogen and oxygen atoms in total. The molecule has 0 radical (unpaired) electrons. The first-order valence-electron chi connectivity index (χ1n) is 7.33. The number of likely N-dealkylation sites (tertiary alicyclic amines) is 1. The lowest BCUT2D eigenvalue weighted by molar-refractivity contribution is -0.136. The van der Waals surface area contributed by atoms with Gasteiger partial charge in [-0.3, -0.25) is 4.79 Å². The average Bonchev–Trinajstić information content (AvgIpc) is 2.87. The van der Waals surface area contributed by atoms with E-state index in [1.165, 1.54) is 10.6 Å². The van der Waals surface area contributed by atoms with Crippen LogP contribution in [0.4, 0.5) is 0 Å². The molecular formula is C13H25N3O3S.